The fourth-order valence-corrected chi connectivity index (χ4v) is 8.84. The molecule has 0 radical (unpaired) electrons. The van der Waals surface area contributed by atoms with Gasteiger partial charge in [0.2, 0.25) is 11.8 Å². The minimum absolute atomic E-state index is 0.0110. The molecule has 3 N–H and O–H groups in total. The van der Waals surface area contributed by atoms with E-state index in [1.807, 2.05) is 72.2 Å². The maximum Gasteiger partial charge on any atom is 0.251 e. The van der Waals surface area contributed by atoms with Crippen molar-refractivity contribution in [3.63, 3.8) is 0 Å². The Morgan fingerprint density at radius 3 is 2.30 bits per heavy atom. The van der Waals surface area contributed by atoms with Crippen molar-refractivity contribution >= 4 is 57.7 Å². The number of carbonyl (C=O) groups excluding carboxylic acids is 3. The van der Waals surface area contributed by atoms with Crippen LogP contribution in [0.25, 0.3) is 16.1 Å². The van der Waals surface area contributed by atoms with Crippen LogP contribution in [0.15, 0.2) is 96.0 Å². The van der Waals surface area contributed by atoms with Crippen LogP contribution in [0, 0.1) is 20.8 Å². The molecule has 0 bridgehead atoms. The highest BCUT2D eigenvalue weighted by Crippen LogP contribution is 2.40. The third-order valence-corrected chi connectivity index (χ3v) is 12.3. The SMILES string of the molecule is Cc1sc2c(c1C)C(c1ccc(Cl)cc1)=N[C@@H](CC(=O)Nc1ccc(OCCOCCOCCOCCNC(=O)c3cccc(-c4ccc5c(c4)CC(=O)N5)c3)cc1)c1nnc(C)n1-2. The lowest BCUT2D eigenvalue weighted by Crippen LogP contribution is -2.27. The first kappa shape index (κ1) is 44.4. The highest BCUT2D eigenvalue weighted by molar-refractivity contribution is 7.15. The summed E-state index contributed by atoms with van der Waals surface area (Å²) >= 11 is 7.91. The number of aliphatic imine (C=N–C) groups is 1. The number of aromatic nitrogens is 3. The van der Waals surface area contributed by atoms with Gasteiger partial charge in [0, 0.05) is 44.5 Å². The Hall–Kier alpha value is -6.23. The van der Waals surface area contributed by atoms with Crippen molar-refractivity contribution in [3.8, 4) is 21.9 Å². The average Bonchev–Trinajstić information content (AvgIpc) is 3.93. The number of thiophene rings is 1. The number of rotatable bonds is 19. The van der Waals surface area contributed by atoms with Gasteiger partial charge in [-0.25, -0.2) is 0 Å². The van der Waals surface area contributed by atoms with Crippen molar-refractivity contribution in [1.82, 2.24) is 20.1 Å². The van der Waals surface area contributed by atoms with Gasteiger partial charge in [-0.2, -0.15) is 0 Å². The Morgan fingerprint density at radius 2 is 1.53 bits per heavy atom. The minimum Gasteiger partial charge on any atom is -0.491 e. The summed E-state index contributed by atoms with van der Waals surface area (Å²) in [7, 11) is 0. The van der Waals surface area contributed by atoms with Gasteiger partial charge in [0.05, 0.1) is 58.2 Å². The van der Waals surface area contributed by atoms with Crippen molar-refractivity contribution in [2.24, 2.45) is 4.99 Å². The largest absolute Gasteiger partial charge is 0.491 e. The predicted octanol–water partition coefficient (Wildman–Crippen LogP) is 7.85. The Balaban J connectivity index is 0.705. The standard InChI is InChI=1S/C48H48ClN7O7S/c1-29-30(2)64-48-44(29)45(32-7-10-37(49)11-8-32)53-41(46-55-54-31(3)56(46)48)28-43(58)51-38-12-14-39(15-13-38)63-24-23-62-22-21-61-20-19-60-18-17-50-47(59)35-6-4-5-33(25-35)34-9-16-40-36(26-34)27-42(57)52-40/h4-16,25-26,41H,17-24,27-28H2,1-3H3,(H,50,59)(H,51,58)(H,52,57)/t41-/m0/s1. The molecule has 1 atom stereocenters. The van der Waals surface area contributed by atoms with E-state index in [0.717, 1.165) is 55.6 Å². The van der Waals surface area contributed by atoms with Crippen molar-refractivity contribution in [2.75, 3.05) is 63.4 Å². The van der Waals surface area contributed by atoms with E-state index < -0.39 is 6.04 Å². The first-order chi connectivity index (χ1) is 31.1. The number of hydrogen-bond acceptors (Lipinski definition) is 11. The highest BCUT2D eigenvalue weighted by atomic mass is 35.5. The normalized spacial score (nSPS) is 13.9. The molecule has 4 heterocycles. The molecule has 0 spiro atoms. The zero-order valence-electron chi connectivity index (χ0n) is 35.7. The van der Waals surface area contributed by atoms with Gasteiger partial charge in [-0.3, -0.25) is 23.9 Å². The molecule has 2 aromatic heterocycles. The van der Waals surface area contributed by atoms with E-state index in [1.54, 1.807) is 41.7 Å². The van der Waals surface area contributed by atoms with Crippen LogP contribution in [0.2, 0.25) is 5.02 Å². The molecule has 16 heteroatoms. The lowest BCUT2D eigenvalue weighted by atomic mass is 9.99. The Kier molecular flexibility index (Phi) is 14.2. The predicted molar refractivity (Wildman–Crippen MR) is 247 cm³/mol. The van der Waals surface area contributed by atoms with Crippen LogP contribution < -0.4 is 20.7 Å². The molecular weight excluding hydrogens is 854 g/mol. The number of carbonyl (C=O) groups is 3. The highest BCUT2D eigenvalue weighted by Gasteiger charge is 2.32. The summed E-state index contributed by atoms with van der Waals surface area (Å²) in [6.45, 7) is 9.13. The number of benzene rings is 4. The van der Waals surface area contributed by atoms with Crippen LogP contribution in [-0.2, 0) is 30.2 Å². The van der Waals surface area contributed by atoms with Crippen molar-refractivity contribution in [1.29, 1.82) is 0 Å². The van der Waals surface area contributed by atoms with E-state index in [2.05, 4.69) is 40.0 Å². The van der Waals surface area contributed by atoms with Gasteiger partial charge in [-0.05, 0) is 104 Å². The molecule has 0 fully saturated rings. The van der Waals surface area contributed by atoms with Gasteiger partial charge < -0.3 is 34.9 Å². The summed E-state index contributed by atoms with van der Waals surface area (Å²) in [5.41, 5.74) is 8.67. The molecule has 0 saturated heterocycles. The van der Waals surface area contributed by atoms with Gasteiger partial charge in [0.25, 0.3) is 5.91 Å². The third-order valence-electron chi connectivity index (χ3n) is 10.8. The quantitative estimate of drug-likeness (QED) is 0.0687. The van der Waals surface area contributed by atoms with E-state index in [1.165, 1.54) is 4.88 Å². The molecule has 6 aromatic rings. The second-order valence-corrected chi connectivity index (χ2v) is 16.9. The lowest BCUT2D eigenvalue weighted by Gasteiger charge is -2.13. The summed E-state index contributed by atoms with van der Waals surface area (Å²) in [5, 5.41) is 19.2. The van der Waals surface area contributed by atoms with Crippen LogP contribution in [0.3, 0.4) is 0 Å². The fourth-order valence-electron chi connectivity index (χ4n) is 7.50. The molecule has 4 aromatic carbocycles. The smallest absolute Gasteiger partial charge is 0.251 e. The summed E-state index contributed by atoms with van der Waals surface area (Å²) in [5.74, 6) is 1.59. The first-order valence-electron chi connectivity index (χ1n) is 21.0. The van der Waals surface area contributed by atoms with E-state index in [9.17, 15) is 14.4 Å². The number of halogens is 1. The number of anilines is 2. The molecule has 330 valence electrons. The van der Waals surface area contributed by atoms with Gasteiger partial charge >= 0.3 is 0 Å². The topological polar surface area (TPSA) is 167 Å². The number of ether oxygens (including phenoxy) is 4. The van der Waals surface area contributed by atoms with E-state index in [4.69, 9.17) is 35.5 Å². The summed E-state index contributed by atoms with van der Waals surface area (Å²) in [4.78, 5) is 44.3. The lowest BCUT2D eigenvalue weighted by molar-refractivity contribution is -0.117. The second kappa shape index (κ2) is 20.5. The summed E-state index contributed by atoms with van der Waals surface area (Å²) < 4.78 is 24.7. The van der Waals surface area contributed by atoms with Crippen LogP contribution in [0.5, 0.6) is 5.75 Å². The number of nitrogens with zero attached hydrogens (tertiary/aromatic N) is 4. The van der Waals surface area contributed by atoms with E-state index >= 15 is 0 Å². The molecule has 64 heavy (non-hydrogen) atoms. The molecule has 14 nitrogen and oxygen atoms in total. The van der Waals surface area contributed by atoms with E-state index in [-0.39, 0.29) is 24.1 Å². The molecule has 2 aliphatic heterocycles. The second-order valence-electron chi connectivity index (χ2n) is 15.3. The molecule has 0 saturated carbocycles. The Bertz CT molecular complexity index is 2680. The minimum atomic E-state index is -0.577. The molecule has 0 unspecified atom stereocenters. The van der Waals surface area contributed by atoms with Crippen LogP contribution in [0.1, 0.15) is 61.6 Å². The van der Waals surface area contributed by atoms with Crippen LogP contribution in [-0.4, -0.2) is 91.0 Å². The van der Waals surface area contributed by atoms with Gasteiger partial charge in [-0.15, -0.1) is 21.5 Å². The van der Waals surface area contributed by atoms with Crippen LogP contribution in [0.4, 0.5) is 11.4 Å². The van der Waals surface area contributed by atoms with Crippen LogP contribution >= 0.6 is 22.9 Å². The third kappa shape index (κ3) is 10.6. The number of hydrogen-bond donors (Lipinski definition) is 3. The molecule has 0 aliphatic carbocycles. The van der Waals surface area contributed by atoms with Crippen molar-refractivity contribution in [2.45, 2.75) is 39.7 Å². The van der Waals surface area contributed by atoms with E-state index in [0.29, 0.717) is 87.1 Å². The molecule has 2 aliphatic rings. The maximum atomic E-state index is 13.5. The monoisotopic (exact) mass is 901 g/mol. The van der Waals surface area contributed by atoms with Gasteiger partial charge in [-0.1, -0.05) is 41.9 Å². The van der Waals surface area contributed by atoms with Gasteiger partial charge in [0.15, 0.2) is 5.82 Å². The number of amides is 3. The molecular formula is C48H48ClN7O7S. The summed E-state index contributed by atoms with van der Waals surface area (Å²) in [6.07, 6.45) is 0.425. The zero-order chi connectivity index (χ0) is 44.6. The molecule has 8 rings (SSSR count). The number of nitrogens with one attached hydrogen (secondary N) is 3. The first-order valence-corrected chi connectivity index (χ1v) is 22.2. The Morgan fingerprint density at radius 1 is 0.828 bits per heavy atom. The van der Waals surface area contributed by atoms with Crippen molar-refractivity contribution in [3.05, 3.63) is 140 Å². The van der Waals surface area contributed by atoms with Gasteiger partial charge in [0.1, 0.15) is 29.2 Å². The average molecular weight is 902 g/mol. The summed E-state index contributed by atoms with van der Waals surface area (Å²) in [6, 6.07) is 27.4. The number of fused-ring (bicyclic) bond motifs is 4. The number of aryl methyl sites for hydroxylation is 2. The van der Waals surface area contributed by atoms with Crippen molar-refractivity contribution < 1.29 is 33.3 Å². The maximum absolute atomic E-state index is 13.5. The molecule has 3 amide bonds. The fraction of sp³-hybridized carbons (Fsp3) is 0.292. The Labute approximate surface area is 380 Å². The zero-order valence-corrected chi connectivity index (χ0v) is 37.3.